The predicted molar refractivity (Wildman–Crippen MR) is 91.0 cm³/mol. The molecule has 24 heavy (non-hydrogen) atoms. The van der Waals surface area contributed by atoms with Crippen molar-refractivity contribution < 1.29 is 24.1 Å². The molecule has 0 amide bonds. The zero-order valence-electron chi connectivity index (χ0n) is 14.3. The van der Waals surface area contributed by atoms with Gasteiger partial charge in [-0.1, -0.05) is 24.3 Å². The van der Waals surface area contributed by atoms with Gasteiger partial charge in [0.05, 0.1) is 34.5 Å². The number of nitrogens with two attached hydrogens (primary N) is 1. The summed E-state index contributed by atoms with van der Waals surface area (Å²) in [5.74, 6) is 2.02. The minimum atomic E-state index is -1.02. The van der Waals surface area contributed by atoms with Gasteiger partial charge in [0, 0.05) is 11.1 Å². The highest BCUT2D eigenvalue weighted by Gasteiger charge is 2.27. The van der Waals surface area contributed by atoms with E-state index < -0.39 is 12.1 Å². The van der Waals surface area contributed by atoms with Gasteiger partial charge in [0.1, 0.15) is 6.10 Å². The Hall–Kier alpha value is -2.44. The Morgan fingerprint density at radius 2 is 1.21 bits per heavy atom. The molecule has 3 N–H and O–H groups in total. The van der Waals surface area contributed by atoms with E-state index in [2.05, 4.69) is 0 Å². The van der Waals surface area contributed by atoms with Gasteiger partial charge < -0.3 is 29.8 Å². The fraction of sp³-hybridized carbons (Fsp3) is 0.333. The number of aliphatic hydroxyl groups excluding tert-OH is 1. The van der Waals surface area contributed by atoms with Crippen molar-refractivity contribution in [3.8, 4) is 23.0 Å². The molecular weight excluding hydrogens is 310 g/mol. The number of ether oxygens (including phenoxy) is 4. The van der Waals surface area contributed by atoms with Gasteiger partial charge in [-0.3, -0.25) is 0 Å². The van der Waals surface area contributed by atoms with E-state index in [1.165, 1.54) is 14.2 Å². The van der Waals surface area contributed by atoms with Crippen LogP contribution in [0.3, 0.4) is 0 Å². The molecule has 2 aromatic rings. The molecule has 2 rings (SSSR count). The second-order valence-corrected chi connectivity index (χ2v) is 5.14. The molecule has 0 saturated carbocycles. The highest BCUT2D eigenvalue weighted by molar-refractivity contribution is 5.51. The zero-order chi connectivity index (χ0) is 17.7. The first kappa shape index (κ1) is 17.9. The van der Waals surface area contributed by atoms with E-state index in [9.17, 15) is 5.11 Å². The molecule has 6 heteroatoms. The normalized spacial score (nSPS) is 13.1. The van der Waals surface area contributed by atoms with Crippen molar-refractivity contribution in [2.45, 2.75) is 12.1 Å². The van der Waals surface area contributed by atoms with E-state index in [0.29, 0.717) is 34.1 Å². The summed E-state index contributed by atoms with van der Waals surface area (Å²) in [6.45, 7) is 0. The maximum Gasteiger partial charge on any atom is 0.166 e. The maximum absolute atomic E-state index is 10.8. The van der Waals surface area contributed by atoms with E-state index in [-0.39, 0.29) is 0 Å². The molecule has 6 nitrogen and oxygen atoms in total. The Bertz CT molecular complexity index is 630. The first-order valence-corrected chi connectivity index (χ1v) is 7.44. The molecule has 0 spiro atoms. The van der Waals surface area contributed by atoms with Crippen molar-refractivity contribution in [3.05, 3.63) is 47.5 Å². The fourth-order valence-corrected chi connectivity index (χ4v) is 2.68. The highest BCUT2D eigenvalue weighted by atomic mass is 16.5. The first-order valence-electron chi connectivity index (χ1n) is 7.44. The van der Waals surface area contributed by atoms with Gasteiger partial charge in [-0.2, -0.15) is 0 Å². The largest absolute Gasteiger partial charge is 0.493 e. The molecule has 0 saturated heterocycles. The first-order chi connectivity index (χ1) is 11.6. The summed E-state index contributed by atoms with van der Waals surface area (Å²) in [7, 11) is 6.14. The molecule has 0 aliphatic heterocycles. The third kappa shape index (κ3) is 3.25. The van der Waals surface area contributed by atoms with Crippen LogP contribution in [0.2, 0.25) is 0 Å². The number of hydrogen-bond acceptors (Lipinski definition) is 6. The third-order valence-electron chi connectivity index (χ3n) is 3.88. The van der Waals surface area contributed by atoms with Gasteiger partial charge in [-0.25, -0.2) is 0 Å². The molecule has 0 unspecified atom stereocenters. The lowest BCUT2D eigenvalue weighted by Crippen LogP contribution is -2.21. The number of methoxy groups -OCH3 is 4. The van der Waals surface area contributed by atoms with E-state index in [1.807, 2.05) is 0 Å². The van der Waals surface area contributed by atoms with Crippen LogP contribution >= 0.6 is 0 Å². The summed E-state index contributed by atoms with van der Waals surface area (Å²) in [6.07, 6.45) is -1.02. The van der Waals surface area contributed by atoms with Crippen molar-refractivity contribution >= 4 is 0 Å². The molecule has 2 atom stereocenters. The lowest BCUT2D eigenvalue weighted by Gasteiger charge is -2.24. The summed E-state index contributed by atoms with van der Waals surface area (Å²) in [5, 5.41) is 10.8. The Labute approximate surface area is 141 Å². The van der Waals surface area contributed by atoms with Crippen LogP contribution in [0.1, 0.15) is 23.3 Å². The smallest absolute Gasteiger partial charge is 0.166 e. The minimum Gasteiger partial charge on any atom is -0.493 e. The molecule has 0 heterocycles. The summed E-state index contributed by atoms with van der Waals surface area (Å²) in [4.78, 5) is 0. The van der Waals surface area contributed by atoms with Crippen LogP contribution in [0.25, 0.3) is 0 Å². The average Bonchev–Trinajstić information content (AvgIpc) is 2.64. The fourth-order valence-electron chi connectivity index (χ4n) is 2.68. The van der Waals surface area contributed by atoms with Crippen LogP contribution in [0.4, 0.5) is 0 Å². The predicted octanol–water partition coefficient (Wildman–Crippen LogP) is 2.45. The van der Waals surface area contributed by atoms with E-state index >= 15 is 0 Å². The Kier molecular flexibility index (Phi) is 5.89. The van der Waals surface area contributed by atoms with Gasteiger partial charge in [-0.05, 0) is 12.1 Å². The van der Waals surface area contributed by atoms with Crippen molar-refractivity contribution in [1.82, 2.24) is 0 Å². The molecule has 0 aromatic heterocycles. The molecule has 0 radical (unpaired) electrons. The number of rotatable bonds is 7. The Morgan fingerprint density at radius 1 is 0.750 bits per heavy atom. The molecule has 0 aliphatic carbocycles. The molecule has 0 aliphatic rings. The summed E-state index contributed by atoms with van der Waals surface area (Å²) in [6, 6.07) is 9.90. The maximum atomic E-state index is 10.8. The van der Waals surface area contributed by atoms with Crippen LogP contribution in [-0.4, -0.2) is 33.5 Å². The SMILES string of the molecule is COc1cccc([C@@H](N)[C@H](O)c2cccc(OC)c2OC)c1OC. The standard InChI is InChI=1S/C18H23NO5/c1-21-13-9-5-7-11(17(13)23-3)15(19)16(20)12-8-6-10-14(22-2)18(12)24-4/h5-10,15-16,20H,19H2,1-4H3/t15-,16-/m1/s1. The summed E-state index contributed by atoms with van der Waals surface area (Å²) >= 11 is 0. The van der Waals surface area contributed by atoms with Gasteiger partial charge in [-0.15, -0.1) is 0 Å². The highest BCUT2D eigenvalue weighted by Crippen LogP contribution is 2.42. The number of aliphatic hydroxyl groups is 1. The quantitative estimate of drug-likeness (QED) is 0.810. The number of benzene rings is 2. The Balaban J connectivity index is 2.46. The molecule has 0 fully saturated rings. The van der Waals surface area contributed by atoms with E-state index in [0.717, 1.165) is 0 Å². The van der Waals surface area contributed by atoms with Crippen LogP contribution in [0.5, 0.6) is 23.0 Å². The summed E-state index contributed by atoms with van der Waals surface area (Å²) in [5.41, 5.74) is 7.47. The molecule has 130 valence electrons. The van der Waals surface area contributed by atoms with Gasteiger partial charge >= 0.3 is 0 Å². The Morgan fingerprint density at radius 3 is 1.67 bits per heavy atom. The van der Waals surface area contributed by atoms with Crippen molar-refractivity contribution in [1.29, 1.82) is 0 Å². The van der Waals surface area contributed by atoms with Crippen LogP contribution in [0, 0.1) is 0 Å². The lowest BCUT2D eigenvalue weighted by atomic mass is 9.94. The van der Waals surface area contributed by atoms with E-state index in [4.69, 9.17) is 24.7 Å². The third-order valence-corrected chi connectivity index (χ3v) is 3.88. The number of para-hydroxylation sites is 2. The monoisotopic (exact) mass is 333 g/mol. The zero-order valence-corrected chi connectivity index (χ0v) is 14.3. The topological polar surface area (TPSA) is 83.2 Å². The van der Waals surface area contributed by atoms with Crippen molar-refractivity contribution in [2.24, 2.45) is 5.73 Å². The van der Waals surface area contributed by atoms with Gasteiger partial charge in [0.15, 0.2) is 23.0 Å². The summed E-state index contributed by atoms with van der Waals surface area (Å²) < 4.78 is 21.3. The van der Waals surface area contributed by atoms with E-state index in [1.54, 1.807) is 50.6 Å². The molecule has 0 bridgehead atoms. The number of hydrogen-bond donors (Lipinski definition) is 2. The van der Waals surface area contributed by atoms with Crippen LogP contribution < -0.4 is 24.7 Å². The minimum absolute atomic E-state index is 0.449. The van der Waals surface area contributed by atoms with Gasteiger partial charge in [0.2, 0.25) is 0 Å². The second-order valence-electron chi connectivity index (χ2n) is 5.14. The second kappa shape index (κ2) is 7.90. The average molecular weight is 333 g/mol. The molecule has 2 aromatic carbocycles. The van der Waals surface area contributed by atoms with Crippen molar-refractivity contribution in [2.75, 3.05) is 28.4 Å². The van der Waals surface area contributed by atoms with Gasteiger partial charge in [0.25, 0.3) is 0 Å². The van der Waals surface area contributed by atoms with Crippen molar-refractivity contribution in [3.63, 3.8) is 0 Å². The van der Waals surface area contributed by atoms with Crippen LogP contribution in [-0.2, 0) is 0 Å². The lowest BCUT2D eigenvalue weighted by molar-refractivity contribution is 0.141. The molecular formula is C18H23NO5. The van der Waals surface area contributed by atoms with Crippen LogP contribution in [0.15, 0.2) is 36.4 Å².